The van der Waals surface area contributed by atoms with E-state index in [1.165, 1.54) is 0 Å². The number of hydrazine groups is 1. The zero-order valence-electron chi connectivity index (χ0n) is 10.9. The van der Waals surface area contributed by atoms with Gasteiger partial charge in [-0.2, -0.15) is 0 Å². The van der Waals surface area contributed by atoms with Gasteiger partial charge in [0.1, 0.15) is 5.75 Å². The van der Waals surface area contributed by atoms with Gasteiger partial charge in [0.25, 0.3) is 0 Å². The molecule has 0 aliphatic rings. The van der Waals surface area contributed by atoms with E-state index in [0.29, 0.717) is 5.02 Å². The van der Waals surface area contributed by atoms with Crippen molar-refractivity contribution in [3.8, 4) is 5.75 Å². The highest BCUT2D eigenvalue weighted by Gasteiger charge is 2.22. The molecule has 1 rings (SSSR count). The van der Waals surface area contributed by atoms with Crippen molar-refractivity contribution in [1.29, 1.82) is 0 Å². The molecule has 0 saturated heterocycles. The number of benzene rings is 1. The van der Waals surface area contributed by atoms with Crippen LogP contribution in [-0.4, -0.2) is 7.11 Å². The average Bonchev–Trinajstić information content (AvgIpc) is 2.24. The molecule has 1 aromatic rings. The van der Waals surface area contributed by atoms with Crippen molar-refractivity contribution < 1.29 is 4.74 Å². The summed E-state index contributed by atoms with van der Waals surface area (Å²) in [5.41, 5.74) is 4.01. The largest absolute Gasteiger partial charge is 0.496 e. The van der Waals surface area contributed by atoms with Crippen LogP contribution in [0.5, 0.6) is 5.75 Å². The summed E-state index contributed by atoms with van der Waals surface area (Å²) < 4.78 is 5.34. The van der Waals surface area contributed by atoms with E-state index in [4.69, 9.17) is 22.2 Å². The zero-order chi connectivity index (χ0) is 13.1. The molecule has 17 heavy (non-hydrogen) atoms. The van der Waals surface area contributed by atoms with Crippen LogP contribution >= 0.6 is 11.6 Å². The smallest absolute Gasteiger partial charge is 0.123 e. The quantitative estimate of drug-likeness (QED) is 0.642. The van der Waals surface area contributed by atoms with Gasteiger partial charge < -0.3 is 4.74 Å². The van der Waals surface area contributed by atoms with E-state index < -0.39 is 0 Å². The number of halogens is 1. The van der Waals surface area contributed by atoms with E-state index >= 15 is 0 Å². The van der Waals surface area contributed by atoms with Gasteiger partial charge in [0, 0.05) is 10.6 Å². The Hall–Kier alpha value is -0.770. The maximum Gasteiger partial charge on any atom is 0.123 e. The molecule has 0 bridgehead atoms. The van der Waals surface area contributed by atoms with Gasteiger partial charge in [-0.25, -0.2) is 0 Å². The van der Waals surface area contributed by atoms with Gasteiger partial charge in [-0.3, -0.25) is 11.3 Å². The SMILES string of the molecule is COc1ccc(Cl)cc1C(CC(C)(C)C)NN. The first kappa shape index (κ1) is 14.3. The Morgan fingerprint density at radius 1 is 1.41 bits per heavy atom. The van der Waals surface area contributed by atoms with E-state index in [1.54, 1.807) is 7.11 Å². The Bertz CT molecular complexity index is 374. The van der Waals surface area contributed by atoms with E-state index in [2.05, 4.69) is 26.2 Å². The summed E-state index contributed by atoms with van der Waals surface area (Å²) in [7, 11) is 1.65. The highest BCUT2D eigenvalue weighted by Crippen LogP contribution is 2.34. The van der Waals surface area contributed by atoms with Gasteiger partial charge in [-0.05, 0) is 30.0 Å². The summed E-state index contributed by atoms with van der Waals surface area (Å²) in [6, 6.07) is 5.61. The van der Waals surface area contributed by atoms with Gasteiger partial charge in [-0.1, -0.05) is 32.4 Å². The van der Waals surface area contributed by atoms with Crippen LogP contribution in [0.2, 0.25) is 5.02 Å². The molecular weight excluding hydrogens is 236 g/mol. The predicted molar refractivity (Wildman–Crippen MR) is 72.1 cm³/mol. The summed E-state index contributed by atoms with van der Waals surface area (Å²) in [6.07, 6.45) is 0.903. The molecule has 1 atom stereocenters. The van der Waals surface area contributed by atoms with Crippen LogP contribution < -0.4 is 16.0 Å². The molecule has 0 heterocycles. The van der Waals surface area contributed by atoms with Crippen molar-refractivity contribution >= 4 is 11.6 Å². The number of rotatable bonds is 4. The lowest BCUT2D eigenvalue weighted by Gasteiger charge is -2.27. The Morgan fingerprint density at radius 3 is 2.53 bits per heavy atom. The summed E-state index contributed by atoms with van der Waals surface area (Å²) in [6.45, 7) is 6.52. The van der Waals surface area contributed by atoms with E-state index in [9.17, 15) is 0 Å². The lowest BCUT2D eigenvalue weighted by Crippen LogP contribution is -2.31. The molecule has 0 aliphatic heterocycles. The first-order valence-corrected chi connectivity index (χ1v) is 6.05. The van der Waals surface area contributed by atoms with Gasteiger partial charge in [-0.15, -0.1) is 0 Å². The van der Waals surface area contributed by atoms with Crippen LogP contribution in [0.1, 0.15) is 38.8 Å². The fourth-order valence-corrected chi connectivity index (χ4v) is 2.03. The average molecular weight is 257 g/mol. The molecule has 0 aromatic heterocycles. The second-order valence-electron chi connectivity index (χ2n) is 5.37. The molecule has 0 saturated carbocycles. The number of hydrogen-bond donors (Lipinski definition) is 2. The third kappa shape index (κ3) is 4.19. The lowest BCUT2D eigenvalue weighted by atomic mass is 9.85. The summed E-state index contributed by atoms with van der Waals surface area (Å²) in [5.74, 6) is 6.44. The fraction of sp³-hybridized carbons (Fsp3) is 0.538. The molecule has 0 aliphatic carbocycles. The third-order valence-corrected chi connectivity index (χ3v) is 2.82. The van der Waals surface area contributed by atoms with Crippen LogP contribution in [0.15, 0.2) is 18.2 Å². The molecule has 3 N–H and O–H groups in total. The normalized spacial score (nSPS) is 13.5. The van der Waals surface area contributed by atoms with Gasteiger partial charge in [0.2, 0.25) is 0 Å². The fourth-order valence-electron chi connectivity index (χ4n) is 1.85. The van der Waals surface area contributed by atoms with Crippen LogP contribution in [0.4, 0.5) is 0 Å². The molecule has 96 valence electrons. The lowest BCUT2D eigenvalue weighted by molar-refractivity contribution is 0.306. The van der Waals surface area contributed by atoms with Crippen LogP contribution in [0, 0.1) is 5.41 Å². The standard InChI is InChI=1S/C13H21ClN2O/c1-13(2,3)8-11(16-15)10-7-9(14)5-6-12(10)17-4/h5-7,11,16H,8,15H2,1-4H3. The number of hydrogen-bond acceptors (Lipinski definition) is 3. The molecule has 0 amide bonds. The summed E-state index contributed by atoms with van der Waals surface area (Å²) in [5, 5.41) is 0.690. The highest BCUT2D eigenvalue weighted by atomic mass is 35.5. The molecule has 0 radical (unpaired) electrons. The minimum Gasteiger partial charge on any atom is -0.496 e. The van der Waals surface area contributed by atoms with E-state index in [1.807, 2.05) is 18.2 Å². The van der Waals surface area contributed by atoms with Crippen molar-refractivity contribution in [2.24, 2.45) is 11.3 Å². The van der Waals surface area contributed by atoms with Crippen molar-refractivity contribution in [2.45, 2.75) is 33.2 Å². The van der Waals surface area contributed by atoms with Crippen molar-refractivity contribution in [2.75, 3.05) is 7.11 Å². The minimum absolute atomic E-state index is 0.0312. The molecule has 4 heteroatoms. The molecule has 3 nitrogen and oxygen atoms in total. The van der Waals surface area contributed by atoms with E-state index in [-0.39, 0.29) is 11.5 Å². The Kier molecular flexibility index (Phi) is 4.80. The van der Waals surface area contributed by atoms with Gasteiger partial charge >= 0.3 is 0 Å². The number of nitrogens with two attached hydrogens (primary N) is 1. The molecule has 0 spiro atoms. The van der Waals surface area contributed by atoms with Crippen LogP contribution in [0.25, 0.3) is 0 Å². The zero-order valence-corrected chi connectivity index (χ0v) is 11.6. The van der Waals surface area contributed by atoms with Crippen molar-refractivity contribution in [3.05, 3.63) is 28.8 Å². The minimum atomic E-state index is 0.0312. The summed E-state index contributed by atoms with van der Waals surface area (Å²) in [4.78, 5) is 0. The monoisotopic (exact) mass is 256 g/mol. The molecule has 0 fully saturated rings. The Morgan fingerprint density at radius 2 is 2.06 bits per heavy atom. The Labute approximate surface area is 108 Å². The second-order valence-corrected chi connectivity index (χ2v) is 5.81. The predicted octanol–water partition coefficient (Wildman–Crippen LogP) is 3.29. The maximum atomic E-state index is 6.02. The summed E-state index contributed by atoms with van der Waals surface area (Å²) >= 11 is 6.02. The van der Waals surface area contributed by atoms with Crippen molar-refractivity contribution in [1.82, 2.24) is 5.43 Å². The van der Waals surface area contributed by atoms with Crippen molar-refractivity contribution in [3.63, 3.8) is 0 Å². The van der Waals surface area contributed by atoms with Gasteiger partial charge in [0.05, 0.1) is 13.2 Å². The number of nitrogens with one attached hydrogen (secondary N) is 1. The molecule has 1 aromatic carbocycles. The first-order valence-electron chi connectivity index (χ1n) is 5.67. The topological polar surface area (TPSA) is 47.3 Å². The first-order chi connectivity index (χ1) is 7.87. The Balaban J connectivity index is 3.06. The maximum absolute atomic E-state index is 6.02. The number of ether oxygens (including phenoxy) is 1. The molecule has 1 unspecified atom stereocenters. The molecular formula is C13H21ClN2O. The third-order valence-electron chi connectivity index (χ3n) is 2.58. The van der Waals surface area contributed by atoms with Gasteiger partial charge in [0.15, 0.2) is 0 Å². The number of methoxy groups -OCH3 is 1. The van der Waals surface area contributed by atoms with Crippen LogP contribution in [0.3, 0.4) is 0 Å². The highest BCUT2D eigenvalue weighted by molar-refractivity contribution is 6.30. The second kappa shape index (κ2) is 5.71. The van der Waals surface area contributed by atoms with E-state index in [0.717, 1.165) is 17.7 Å². The van der Waals surface area contributed by atoms with Crippen LogP contribution in [-0.2, 0) is 0 Å².